The number of nitrogens with one attached hydrogen (secondary N) is 1. The summed E-state index contributed by atoms with van der Waals surface area (Å²) in [5.74, 6) is 0.994. The highest BCUT2D eigenvalue weighted by atomic mass is 32.2. The summed E-state index contributed by atoms with van der Waals surface area (Å²) in [6, 6.07) is 7.47. The van der Waals surface area contributed by atoms with Gasteiger partial charge in [-0.3, -0.25) is 0 Å². The average Bonchev–Trinajstić information content (AvgIpc) is 2.86. The molecule has 2 heterocycles. The van der Waals surface area contributed by atoms with E-state index in [1.165, 1.54) is 0 Å². The molecule has 0 aromatic heterocycles. The second kappa shape index (κ2) is 3.57. The van der Waals surface area contributed by atoms with Crippen LogP contribution in [0.25, 0.3) is 0 Å². The highest BCUT2D eigenvalue weighted by Crippen LogP contribution is 2.40. The molecule has 2 unspecified atom stereocenters. The molecule has 1 fully saturated rings. The standard InChI is InChI=1S/C12H15NO2S/c14-16(15)8-11(9-5-6-13-7-9)10-3-1-2-4-12(10)16/h1-4,9,11,13H,5-8H2. The van der Waals surface area contributed by atoms with Gasteiger partial charge in [-0.15, -0.1) is 0 Å². The lowest BCUT2D eigenvalue weighted by Gasteiger charge is -2.16. The number of benzene rings is 1. The summed E-state index contributed by atoms with van der Waals surface area (Å²) in [4.78, 5) is 0.562. The molecule has 0 bridgehead atoms. The van der Waals surface area contributed by atoms with Crippen molar-refractivity contribution in [1.29, 1.82) is 0 Å². The first-order chi connectivity index (χ1) is 7.68. The van der Waals surface area contributed by atoms with Crippen LogP contribution >= 0.6 is 0 Å². The van der Waals surface area contributed by atoms with Crippen molar-refractivity contribution in [1.82, 2.24) is 5.32 Å². The molecular weight excluding hydrogens is 222 g/mol. The number of sulfone groups is 1. The Kier molecular flexibility index (Phi) is 2.30. The molecule has 16 heavy (non-hydrogen) atoms. The minimum Gasteiger partial charge on any atom is -0.316 e. The number of hydrogen-bond donors (Lipinski definition) is 1. The van der Waals surface area contributed by atoms with E-state index in [0.29, 0.717) is 16.6 Å². The summed E-state index contributed by atoms with van der Waals surface area (Å²) in [5.41, 5.74) is 1.04. The minimum atomic E-state index is -3.02. The summed E-state index contributed by atoms with van der Waals surface area (Å²) < 4.78 is 24.0. The van der Waals surface area contributed by atoms with Crippen molar-refractivity contribution < 1.29 is 8.42 Å². The third kappa shape index (κ3) is 1.48. The van der Waals surface area contributed by atoms with Crippen LogP contribution in [0.15, 0.2) is 29.2 Å². The van der Waals surface area contributed by atoms with Gasteiger partial charge in [-0.2, -0.15) is 0 Å². The summed E-state index contributed by atoms with van der Waals surface area (Å²) in [5, 5.41) is 3.31. The van der Waals surface area contributed by atoms with Gasteiger partial charge in [0.05, 0.1) is 10.6 Å². The van der Waals surface area contributed by atoms with E-state index in [1.807, 2.05) is 18.2 Å². The van der Waals surface area contributed by atoms with Crippen LogP contribution < -0.4 is 5.32 Å². The lowest BCUT2D eigenvalue weighted by Crippen LogP contribution is -2.17. The van der Waals surface area contributed by atoms with Crippen LogP contribution in [0.2, 0.25) is 0 Å². The van der Waals surface area contributed by atoms with Crippen molar-refractivity contribution in [3.8, 4) is 0 Å². The highest BCUT2D eigenvalue weighted by Gasteiger charge is 2.39. The smallest absolute Gasteiger partial charge is 0.179 e. The molecule has 0 aliphatic carbocycles. The maximum absolute atomic E-state index is 12.0. The van der Waals surface area contributed by atoms with E-state index in [2.05, 4.69) is 5.32 Å². The van der Waals surface area contributed by atoms with E-state index < -0.39 is 9.84 Å². The topological polar surface area (TPSA) is 46.2 Å². The number of hydrogen-bond acceptors (Lipinski definition) is 3. The Morgan fingerprint density at radius 2 is 2.06 bits per heavy atom. The van der Waals surface area contributed by atoms with Gasteiger partial charge < -0.3 is 5.32 Å². The normalized spacial score (nSPS) is 31.5. The van der Waals surface area contributed by atoms with Crippen molar-refractivity contribution in [2.75, 3.05) is 18.8 Å². The zero-order chi connectivity index (χ0) is 11.2. The SMILES string of the molecule is O=S1(=O)CC(C2CCNC2)c2ccccc21. The van der Waals surface area contributed by atoms with E-state index in [-0.39, 0.29) is 5.92 Å². The van der Waals surface area contributed by atoms with Crippen molar-refractivity contribution in [2.45, 2.75) is 17.2 Å². The van der Waals surface area contributed by atoms with Crippen molar-refractivity contribution >= 4 is 9.84 Å². The highest BCUT2D eigenvalue weighted by molar-refractivity contribution is 7.91. The van der Waals surface area contributed by atoms with Crippen LogP contribution in [0.4, 0.5) is 0 Å². The summed E-state index contributed by atoms with van der Waals surface area (Å²) in [7, 11) is -3.02. The summed E-state index contributed by atoms with van der Waals surface area (Å²) >= 11 is 0. The first kappa shape index (κ1) is 10.3. The Labute approximate surface area is 95.8 Å². The maximum atomic E-state index is 12.0. The largest absolute Gasteiger partial charge is 0.316 e. The molecule has 3 rings (SSSR count). The lowest BCUT2D eigenvalue weighted by atomic mass is 9.87. The first-order valence-electron chi connectivity index (χ1n) is 5.71. The fraction of sp³-hybridized carbons (Fsp3) is 0.500. The molecule has 2 aliphatic rings. The van der Waals surface area contributed by atoms with Crippen LogP contribution in [0.3, 0.4) is 0 Å². The van der Waals surface area contributed by atoms with Gasteiger partial charge in [-0.1, -0.05) is 18.2 Å². The predicted octanol–water partition coefficient (Wildman–Crippen LogP) is 1.17. The molecule has 0 saturated carbocycles. The monoisotopic (exact) mass is 237 g/mol. The van der Waals surface area contributed by atoms with Crippen molar-refractivity contribution in [2.24, 2.45) is 5.92 Å². The number of fused-ring (bicyclic) bond motifs is 1. The van der Waals surface area contributed by atoms with Gasteiger partial charge in [-0.05, 0) is 37.1 Å². The zero-order valence-electron chi connectivity index (χ0n) is 9.02. The fourth-order valence-corrected chi connectivity index (χ4v) is 4.86. The van der Waals surface area contributed by atoms with Crippen LogP contribution in [-0.4, -0.2) is 27.3 Å². The summed E-state index contributed by atoms with van der Waals surface area (Å²) in [6.45, 7) is 1.97. The molecule has 0 radical (unpaired) electrons. The van der Waals surface area contributed by atoms with E-state index in [1.54, 1.807) is 6.07 Å². The van der Waals surface area contributed by atoms with Crippen LogP contribution in [-0.2, 0) is 9.84 Å². The minimum absolute atomic E-state index is 0.205. The van der Waals surface area contributed by atoms with Gasteiger partial charge in [-0.25, -0.2) is 8.42 Å². The molecule has 1 saturated heterocycles. The molecule has 1 N–H and O–H groups in total. The average molecular weight is 237 g/mol. The second-order valence-corrected chi connectivity index (χ2v) is 6.68. The molecule has 1 aromatic carbocycles. The van der Waals surface area contributed by atoms with Gasteiger partial charge >= 0.3 is 0 Å². The van der Waals surface area contributed by atoms with Gasteiger partial charge in [0.15, 0.2) is 9.84 Å². The van der Waals surface area contributed by atoms with Crippen LogP contribution in [0.1, 0.15) is 17.9 Å². The molecule has 2 atom stereocenters. The Bertz CT molecular complexity index is 504. The van der Waals surface area contributed by atoms with Crippen LogP contribution in [0, 0.1) is 5.92 Å². The van der Waals surface area contributed by atoms with E-state index in [0.717, 1.165) is 25.1 Å². The quantitative estimate of drug-likeness (QED) is 0.797. The Morgan fingerprint density at radius 3 is 2.81 bits per heavy atom. The fourth-order valence-electron chi connectivity index (χ4n) is 2.90. The number of rotatable bonds is 1. The van der Waals surface area contributed by atoms with Gasteiger partial charge in [0.2, 0.25) is 0 Å². The summed E-state index contributed by atoms with van der Waals surface area (Å²) in [6.07, 6.45) is 1.09. The van der Waals surface area contributed by atoms with Gasteiger partial charge in [0.25, 0.3) is 0 Å². The predicted molar refractivity (Wildman–Crippen MR) is 62.2 cm³/mol. The Balaban J connectivity index is 2.05. The molecular formula is C12H15NO2S. The molecule has 1 aromatic rings. The van der Waals surface area contributed by atoms with Gasteiger partial charge in [0.1, 0.15) is 0 Å². The van der Waals surface area contributed by atoms with Crippen LogP contribution in [0.5, 0.6) is 0 Å². The molecule has 0 amide bonds. The van der Waals surface area contributed by atoms with Crippen molar-refractivity contribution in [3.05, 3.63) is 29.8 Å². The third-order valence-electron chi connectivity index (χ3n) is 3.72. The molecule has 0 spiro atoms. The maximum Gasteiger partial charge on any atom is 0.179 e. The Morgan fingerprint density at radius 1 is 1.25 bits per heavy atom. The van der Waals surface area contributed by atoms with E-state index >= 15 is 0 Å². The zero-order valence-corrected chi connectivity index (χ0v) is 9.83. The third-order valence-corrected chi connectivity index (χ3v) is 5.56. The lowest BCUT2D eigenvalue weighted by molar-refractivity contribution is 0.490. The van der Waals surface area contributed by atoms with E-state index in [4.69, 9.17) is 0 Å². The van der Waals surface area contributed by atoms with Crippen molar-refractivity contribution in [3.63, 3.8) is 0 Å². The molecule has 86 valence electrons. The Hall–Kier alpha value is -0.870. The first-order valence-corrected chi connectivity index (χ1v) is 7.36. The van der Waals surface area contributed by atoms with E-state index in [9.17, 15) is 8.42 Å². The second-order valence-electron chi connectivity index (χ2n) is 4.68. The molecule has 3 nitrogen and oxygen atoms in total. The molecule has 2 aliphatic heterocycles. The molecule has 4 heteroatoms. The van der Waals surface area contributed by atoms with Gasteiger partial charge in [0, 0.05) is 5.92 Å².